The van der Waals surface area contributed by atoms with Crippen LogP contribution >= 0.6 is 34.5 Å². The van der Waals surface area contributed by atoms with Crippen LogP contribution in [-0.4, -0.2) is 29.8 Å². The minimum Gasteiger partial charge on any atom is -0.313 e. The topological polar surface area (TPSA) is 73.5 Å². The Bertz CT molecular complexity index is 1130. The SMILES string of the molecule is Cc1nn(CCc2nnc(Nc3ccn(Cc4ccccc4Cl)n3)s2)c(C)c1Cl. The molecule has 29 heavy (non-hydrogen) atoms. The quantitative estimate of drug-likeness (QED) is 0.436. The molecule has 0 atom stereocenters. The molecule has 0 amide bonds. The molecule has 0 aliphatic heterocycles. The minimum atomic E-state index is 0.605. The van der Waals surface area contributed by atoms with Crippen LogP contribution in [-0.2, 0) is 19.5 Å². The van der Waals surface area contributed by atoms with Crippen molar-refractivity contribution in [1.82, 2.24) is 29.8 Å². The van der Waals surface area contributed by atoms with Gasteiger partial charge in [-0.1, -0.05) is 52.7 Å². The predicted molar refractivity (Wildman–Crippen MR) is 116 cm³/mol. The highest BCUT2D eigenvalue weighted by molar-refractivity contribution is 7.15. The number of nitrogens with zero attached hydrogens (tertiary/aromatic N) is 6. The fraction of sp³-hybridized carbons (Fsp3) is 0.263. The molecule has 0 saturated heterocycles. The van der Waals surface area contributed by atoms with Gasteiger partial charge >= 0.3 is 0 Å². The van der Waals surface area contributed by atoms with Gasteiger partial charge in [0.2, 0.25) is 5.13 Å². The summed E-state index contributed by atoms with van der Waals surface area (Å²) >= 11 is 13.9. The second-order valence-corrected chi connectivity index (χ2v) is 8.42. The highest BCUT2D eigenvalue weighted by Gasteiger charge is 2.11. The van der Waals surface area contributed by atoms with Crippen LogP contribution in [0.25, 0.3) is 0 Å². The number of rotatable bonds is 7. The molecule has 4 rings (SSSR count). The summed E-state index contributed by atoms with van der Waals surface area (Å²) in [6, 6.07) is 9.65. The van der Waals surface area contributed by atoms with Gasteiger partial charge in [-0.3, -0.25) is 9.36 Å². The van der Waals surface area contributed by atoms with E-state index in [1.807, 2.05) is 59.7 Å². The molecule has 0 fully saturated rings. The third-order valence-electron chi connectivity index (χ3n) is 4.46. The number of aryl methyl sites for hydroxylation is 3. The molecule has 0 radical (unpaired) electrons. The number of anilines is 2. The molecular formula is C19H19Cl2N7S. The lowest BCUT2D eigenvalue weighted by atomic mass is 10.2. The van der Waals surface area contributed by atoms with E-state index in [0.29, 0.717) is 24.0 Å². The first-order valence-corrected chi connectivity index (χ1v) is 10.6. The molecule has 3 aromatic heterocycles. The Morgan fingerprint density at radius 2 is 1.90 bits per heavy atom. The molecule has 0 aliphatic carbocycles. The third-order valence-corrected chi connectivity index (χ3v) is 6.28. The molecule has 4 aromatic rings. The summed E-state index contributed by atoms with van der Waals surface area (Å²) in [5.74, 6) is 0.713. The van der Waals surface area contributed by atoms with E-state index in [2.05, 4.69) is 25.7 Å². The Morgan fingerprint density at radius 1 is 1.07 bits per heavy atom. The van der Waals surface area contributed by atoms with Crippen molar-refractivity contribution < 1.29 is 0 Å². The number of benzene rings is 1. The van der Waals surface area contributed by atoms with Crippen LogP contribution in [0.1, 0.15) is 22.0 Å². The van der Waals surface area contributed by atoms with Gasteiger partial charge < -0.3 is 5.32 Å². The zero-order valence-corrected chi connectivity index (χ0v) is 18.3. The average Bonchev–Trinajstić information content (AvgIpc) is 3.40. The van der Waals surface area contributed by atoms with Crippen molar-refractivity contribution in [3.8, 4) is 0 Å². The monoisotopic (exact) mass is 447 g/mol. The van der Waals surface area contributed by atoms with E-state index in [1.165, 1.54) is 11.3 Å². The van der Waals surface area contributed by atoms with Crippen LogP contribution < -0.4 is 5.32 Å². The zero-order valence-electron chi connectivity index (χ0n) is 15.9. The van der Waals surface area contributed by atoms with E-state index >= 15 is 0 Å². The summed E-state index contributed by atoms with van der Waals surface area (Å²) in [4.78, 5) is 0. The van der Waals surface area contributed by atoms with Gasteiger partial charge in [-0.05, 0) is 25.5 Å². The summed E-state index contributed by atoms with van der Waals surface area (Å²) < 4.78 is 3.74. The lowest BCUT2D eigenvalue weighted by Gasteiger charge is -2.04. The molecule has 1 aromatic carbocycles. The molecule has 0 unspecified atom stereocenters. The van der Waals surface area contributed by atoms with Gasteiger partial charge in [-0.25, -0.2) is 0 Å². The van der Waals surface area contributed by atoms with Gasteiger partial charge in [0.1, 0.15) is 5.01 Å². The number of halogens is 2. The molecule has 10 heteroatoms. The highest BCUT2D eigenvalue weighted by Crippen LogP contribution is 2.23. The summed E-state index contributed by atoms with van der Waals surface area (Å²) in [5, 5.41) is 23.7. The van der Waals surface area contributed by atoms with Gasteiger partial charge in [-0.2, -0.15) is 10.2 Å². The van der Waals surface area contributed by atoms with E-state index in [-0.39, 0.29) is 0 Å². The standard InChI is InChI=1S/C19H19Cl2N7S/c1-12-18(21)13(2)28(25-12)10-8-17-23-24-19(29-17)22-16-7-9-27(26-16)11-14-5-3-4-6-15(14)20/h3-7,9H,8,10-11H2,1-2H3,(H,22,24,26). The smallest absolute Gasteiger partial charge is 0.211 e. The lowest BCUT2D eigenvalue weighted by Crippen LogP contribution is -2.05. The van der Waals surface area contributed by atoms with Crippen LogP contribution in [0.3, 0.4) is 0 Å². The van der Waals surface area contributed by atoms with Crippen molar-refractivity contribution in [2.75, 3.05) is 5.32 Å². The molecular weight excluding hydrogens is 429 g/mol. The van der Waals surface area contributed by atoms with Crippen molar-refractivity contribution in [3.63, 3.8) is 0 Å². The zero-order chi connectivity index (χ0) is 20.4. The molecule has 0 bridgehead atoms. The first-order chi connectivity index (χ1) is 14.0. The first kappa shape index (κ1) is 19.9. The lowest BCUT2D eigenvalue weighted by molar-refractivity contribution is 0.591. The van der Waals surface area contributed by atoms with Gasteiger partial charge in [0.15, 0.2) is 5.82 Å². The Balaban J connectivity index is 1.36. The minimum absolute atomic E-state index is 0.605. The normalized spacial score (nSPS) is 11.2. The average molecular weight is 448 g/mol. The van der Waals surface area contributed by atoms with E-state index < -0.39 is 0 Å². The van der Waals surface area contributed by atoms with E-state index in [1.54, 1.807) is 0 Å². The summed E-state index contributed by atoms with van der Waals surface area (Å²) in [7, 11) is 0. The number of hydrogen-bond acceptors (Lipinski definition) is 6. The van der Waals surface area contributed by atoms with Crippen LogP contribution in [0.2, 0.25) is 10.0 Å². The molecule has 7 nitrogen and oxygen atoms in total. The van der Waals surface area contributed by atoms with E-state index in [0.717, 1.165) is 38.4 Å². The van der Waals surface area contributed by atoms with Crippen molar-refractivity contribution in [3.05, 3.63) is 68.5 Å². The Morgan fingerprint density at radius 3 is 2.66 bits per heavy atom. The van der Waals surface area contributed by atoms with Crippen molar-refractivity contribution >= 4 is 45.5 Å². The van der Waals surface area contributed by atoms with E-state index in [9.17, 15) is 0 Å². The Kier molecular flexibility index (Phi) is 5.84. The maximum atomic E-state index is 6.22. The van der Waals surface area contributed by atoms with Crippen molar-refractivity contribution in [1.29, 1.82) is 0 Å². The molecule has 1 N–H and O–H groups in total. The maximum Gasteiger partial charge on any atom is 0.211 e. The fourth-order valence-electron chi connectivity index (χ4n) is 2.93. The maximum absolute atomic E-state index is 6.22. The molecule has 0 saturated carbocycles. The molecule has 3 heterocycles. The number of nitrogens with one attached hydrogen (secondary N) is 1. The van der Waals surface area contributed by atoms with Crippen LogP contribution in [0.4, 0.5) is 10.9 Å². The van der Waals surface area contributed by atoms with Crippen molar-refractivity contribution in [2.45, 2.75) is 33.4 Å². The second kappa shape index (κ2) is 8.52. The summed E-state index contributed by atoms with van der Waals surface area (Å²) in [6.45, 7) is 5.19. The van der Waals surface area contributed by atoms with Crippen LogP contribution in [0, 0.1) is 13.8 Å². The first-order valence-electron chi connectivity index (χ1n) is 9.05. The summed E-state index contributed by atoms with van der Waals surface area (Å²) in [5.41, 5.74) is 2.83. The fourth-order valence-corrected chi connectivity index (χ4v) is 3.99. The number of hydrogen-bond donors (Lipinski definition) is 1. The summed E-state index contributed by atoms with van der Waals surface area (Å²) in [6.07, 6.45) is 2.64. The van der Waals surface area contributed by atoms with E-state index in [4.69, 9.17) is 23.2 Å². The Hall–Kier alpha value is -2.42. The molecule has 150 valence electrons. The van der Waals surface area contributed by atoms with Crippen molar-refractivity contribution in [2.24, 2.45) is 0 Å². The van der Waals surface area contributed by atoms with Crippen LogP contribution in [0.15, 0.2) is 36.5 Å². The predicted octanol–water partition coefficient (Wildman–Crippen LogP) is 4.89. The third kappa shape index (κ3) is 4.60. The molecule has 0 aliphatic rings. The van der Waals surface area contributed by atoms with Gasteiger partial charge in [0, 0.05) is 30.3 Å². The molecule has 0 spiro atoms. The second-order valence-electron chi connectivity index (χ2n) is 6.57. The largest absolute Gasteiger partial charge is 0.313 e. The van der Waals surface area contributed by atoms with Gasteiger partial charge in [0.25, 0.3) is 0 Å². The number of aromatic nitrogens is 6. The van der Waals surface area contributed by atoms with Gasteiger partial charge in [0.05, 0.1) is 23.0 Å². The van der Waals surface area contributed by atoms with Crippen LogP contribution in [0.5, 0.6) is 0 Å². The highest BCUT2D eigenvalue weighted by atomic mass is 35.5. The van der Waals surface area contributed by atoms with Gasteiger partial charge in [-0.15, -0.1) is 10.2 Å². The Labute approximate surface area is 182 Å².